The smallest absolute Gasteiger partial charge is 0.262 e. The first-order valence-electron chi connectivity index (χ1n) is 23.7. The largest absolute Gasteiger partial charge is 0.391 e. The number of hydrogen-bond donors (Lipinski definition) is 6. The third kappa shape index (κ3) is 15.6. The van der Waals surface area contributed by atoms with Gasteiger partial charge in [-0.3, -0.25) is 28.5 Å². The van der Waals surface area contributed by atoms with Crippen molar-refractivity contribution in [3.05, 3.63) is 120 Å². The zero-order chi connectivity index (χ0) is 53.0. The molecule has 1 aliphatic rings. The molecule has 0 bridgehead atoms. The van der Waals surface area contributed by atoms with Crippen LogP contribution in [0.25, 0.3) is 10.4 Å². The number of hydrogen-bond acceptors (Lipinski definition) is 14. The number of benzene rings is 3. The lowest BCUT2D eigenvalue weighted by Gasteiger charge is -2.35. The number of carbonyl (C=O) groups is 3. The van der Waals surface area contributed by atoms with E-state index in [0.717, 1.165) is 27.3 Å². The summed E-state index contributed by atoms with van der Waals surface area (Å²) >= 11 is 3.54. The maximum atomic E-state index is 14.7. The van der Waals surface area contributed by atoms with Gasteiger partial charge in [-0.25, -0.2) is 17.8 Å². The average Bonchev–Trinajstić information content (AvgIpc) is 3.96. The molecule has 18 nitrogen and oxygen atoms in total. The lowest BCUT2D eigenvalue weighted by Crippen LogP contribution is -2.58. The predicted octanol–water partition coefficient (Wildman–Crippen LogP) is 5.92. The van der Waals surface area contributed by atoms with E-state index >= 15 is 0 Å². The van der Waals surface area contributed by atoms with Crippen LogP contribution in [0.3, 0.4) is 0 Å². The molecule has 3 aromatic carbocycles. The maximum absolute atomic E-state index is 14.7. The van der Waals surface area contributed by atoms with Crippen LogP contribution in [-0.4, -0.2) is 117 Å². The molecule has 394 valence electrons. The Labute approximate surface area is 443 Å². The van der Waals surface area contributed by atoms with Crippen LogP contribution in [0.15, 0.2) is 88.0 Å². The number of nitrogens with zero attached hydrogens (tertiary/aromatic N) is 3. The molecule has 6 N–H and O–H groups in total. The second-order valence-corrected chi connectivity index (χ2v) is 22.6. The molecule has 2 aromatic heterocycles. The second kappa shape index (κ2) is 25.7. The highest BCUT2D eigenvalue weighted by Crippen LogP contribution is 2.31. The number of aromatic nitrogens is 2. The number of nitrogens with one attached hydrogen (secondary N) is 5. The van der Waals surface area contributed by atoms with Gasteiger partial charge in [0.25, 0.3) is 15.6 Å². The van der Waals surface area contributed by atoms with Gasteiger partial charge in [-0.05, 0) is 102 Å². The van der Waals surface area contributed by atoms with E-state index in [1.165, 1.54) is 46.8 Å². The molecule has 0 spiro atoms. The Hall–Kier alpha value is -5.34. The Kier molecular flexibility index (Phi) is 20.1. The van der Waals surface area contributed by atoms with Crippen LogP contribution in [0.2, 0.25) is 0 Å². The summed E-state index contributed by atoms with van der Waals surface area (Å²) in [6, 6.07) is 17.8. The van der Waals surface area contributed by atoms with E-state index in [1.54, 1.807) is 42.0 Å². The number of pyridine rings is 1. The molecule has 4 unspecified atom stereocenters. The SMILES string of the molecule is Cc1ncsc1-c1ccc(C(C)NC(=O)C2CC(O)CN2C(=O)C(NC(=O)COCCOCCOCCNCc2ccc(S(=O)(=O)Nc3cc(C)c(=O)n(C)c3Nc3ccc(I)cc3F)cc2)C(C)(C)C)cc1. The lowest BCUT2D eigenvalue weighted by molar-refractivity contribution is -0.144. The molecular formula is C51H64FIN8O10S2. The summed E-state index contributed by atoms with van der Waals surface area (Å²) in [6.45, 7) is 12.7. The second-order valence-electron chi connectivity index (χ2n) is 18.8. The number of rotatable bonds is 24. The van der Waals surface area contributed by atoms with E-state index in [4.69, 9.17) is 14.2 Å². The van der Waals surface area contributed by atoms with Gasteiger partial charge in [0, 0.05) is 42.2 Å². The fourth-order valence-corrected chi connectivity index (χ4v) is 10.4. The highest BCUT2D eigenvalue weighted by molar-refractivity contribution is 14.1. The number of aliphatic hydroxyl groups excluding tert-OH is 1. The Morgan fingerprint density at radius 3 is 2.25 bits per heavy atom. The van der Waals surface area contributed by atoms with Gasteiger partial charge in [-0.1, -0.05) is 57.2 Å². The third-order valence-electron chi connectivity index (χ3n) is 12.0. The van der Waals surface area contributed by atoms with Crippen molar-refractivity contribution < 1.29 is 46.5 Å². The van der Waals surface area contributed by atoms with Crippen LogP contribution in [0.1, 0.15) is 62.5 Å². The number of likely N-dealkylation sites (tertiary alicyclic amines) is 1. The van der Waals surface area contributed by atoms with Crippen molar-refractivity contribution in [1.29, 1.82) is 0 Å². The first-order valence-corrected chi connectivity index (χ1v) is 27.1. The number of carbonyl (C=O) groups excluding carboxylic acids is 3. The van der Waals surface area contributed by atoms with Crippen LogP contribution >= 0.6 is 33.9 Å². The van der Waals surface area contributed by atoms with Gasteiger partial charge in [0.05, 0.1) is 77.5 Å². The average molecular weight is 1160 g/mol. The number of aliphatic hydroxyl groups is 1. The molecule has 22 heteroatoms. The molecule has 4 atom stereocenters. The number of aryl methyl sites for hydroxylation is 2. The van der Waals surface area contributed by atoms with Crippen molar-refractivity contribution in [3.8, 4) is 10.4 Å². The molecule has 5 aromatic rings. The molecule has 1 saturated heterocycles. The summed E-state index contributed by atoms with van der Waals surface area (Å²) in [7, 11) is -2.63. The number of amides is 3. The van der Waals surface area contributed by atoms with Crippen LogP contribution in [0, 0.1) is 28.6 Å². The van der Waals surface area contributed by atoms with Crippen molar-refractivity contribution >= 4 is 78.9 Å². The van der Waals surface area contributed by atoms with Crippen LogP contribution in [0.5, 0.6) is 0 Å². The van der Waals surface area contributed by atoms with Crippen molar-refractivity contribution in [2.75, 3.05) is 62.8 Å². The molecule has 0 radical (unpaired) electrons. The van der Waals surface area contributed by atoms with Gasteiger partial charge < -0.3 is 45.5 Å². The molecule has 73 heavy (non-hydrogen) atoms. The Morgan fingerprint density at radius 1 is 0.932 bits per heavy atom. The van der Waals surface area contributed by atoms with Crippen molar-refractivity contribution in [2.24, 2.45) is 12.5 Å². The van der Waals surface area contributed by atoms with Crippen LogP contribution in [0.4, 0.5) is 21.6 Å². The number of thiazole rings is 1. The molecule has 3 amide bonds. The summed E-state index contributed by atoms with van der Waals surface area (Å²) in [5.74, 6) is -1.85. The zero-order valence-corrected chi connectivity index (χ0v) is 45.7. The van der Waals surface area contributed by atoms with E-state index < -0.39 is 57.2 Å². The van der Waals surface area contributed by atoms with Gasteiger partial charge >= 0.3 is 0 Å². The third-order valence-corrected chi connectivity index (χ3v) is 15.1. The first kappa shape index (κ1) is 56.9. The van der Waals surface area contributed by atoms with Crippen LogP contribution in [-0.2, 0) is 52.2 Å². The number of ether oxygens (including phenoxy) is 3. The van der Waals surface area contributed by atoms with E-state index in [1.807, 2.05) is 81.5 Å². The van der Waals surface area contributed by atoms with Gasteiger partial charge in [-0.15, -0.1) is 11.3 Å². The predicted molar refractivity (Wildman–Crippen MR) is 287 cm³/mol. The minimum absolute atomic E-state index is 0.00315. The molecule has 6 rings (SSSR count). The number of anilines is 3. The van der Waals surface area contributed by atoms with Crippen molar-refractivity contribution in [1.82, 2.24) is 30.4 Å². The van der Waals surface area contributed by atoms with Crippen LogP contribution < -0.4 is 31.5 Å². The monoisotopic (exact) mass is 1160 g/mol. The van der Waals surface area contributed by atoms with Crippen molar-refractivity contribution in [2.45, 2.75) is 83.6 Å². The quantitative estimate of drug-likeness (QED) is 0.0312. The van der Waals surface area contributed by atoms with Gasteiger partial charge in [0.15, 0.2) is 0 Å². The highest BCUT2D eigenvalue weighted by Gasteiger charge is 2.44. The summed E-state index contributed by atoms with van der Waals surface area (Å²) in [6.07, 6.45) is -0.829. The maximum Gasteiger partial charge on any atom is 0.262 e. The summed E-state index contributed by atoms with van der Waals surface area (Å²) in [4.78, 5) is 60.2. The number of sulfonamides is 1. The molecular weight excluding hydrogens is 1090 g/mol. The Balaban J connectivity index is 0.857. The minimum atomic E-state index is -4.10. The topological polar surface area (TPSA) is 232 Å². The van der Waals surface area contributed by atoms with Gasteiger partial charge in [-0.2, -0.15) is 0 Å². The normalized spacial score (nSPS) is 15.7. The molecule has 1 aliphatic heterocycles. The van der Waals surface area contributed by atoms with E-state index in [2.05, 4.69) is 31.0 Å². The standard InChI is InChI=1S/C51H64FIN8O10S2/c1-31-24-42(47(60(7)49(31)65)57-41-17-14-37(53)25-40(41)52)59-73(67,68)39-15-8-34(9-16-39)27-54-18-19-69-20-21-70-22-23-71-29-44(63)58-46(51(4,5)6)50(66)61-28-38(62)26-43(61)48(64)56-32(2)35-10-12-36(13-11-35)45-33(3)55-30-72-45/h8-17,24-25,30,32,38,43,46,54,57,59,62H,18-23,26-29H2,1-7H3,(H,56,64)(H,58,63). The number of halogens is 2. The Bertz CT molecular complexity index is 2880. The first-order chi connectivity index (χ1) is 34.6. The molecule has 1 fully saturated rings. The van der Waals surface area contributed by atoms with E-state index in [9.17, 15) is 37.1 Å². The summed E-state index contributed by atoms with van der Waals surface area (Å²) in [5.41, 5.74) is 4.86. The fourth-order valence-electron chi connectivity index (χ4n) is 8.03. The summed E-state index contributed by atoms with van der Waals surface area (Å²) in [5, 5.41) is 22.5. The molecule has 0 saturated carbocycles. The highest BCUT2D eigenvalue weighted by atomic mass is 127. The number of β-amino-alcohol motifs (C(OH)–C–C–N with tert-alkyl or cyclic N) is 1. The van der Waals surface area contributed by atoms with Gasteiger partial charge in [0.1, 0.15) is 30.3 Å². The zero-order valence-electron chi connectivity index (χ0n) is 41.9. The molecule has 0 aliphatic carbocycles. The summed E-state index contributed by atoms with van der Waals surface area (Å²) < 4.78 is 62.8. The Morgan fingerprint density at radius 2 is 1.60 bits per heavy atom. The van der Waals surface area contributed by atoms with Crippen molar-refractivity contribution in [3.63, 3.8) is 0 Å². The lowest BCUT2D eigenvalue weighted by atomic mass is 9.85. The fraction of sp³-hybridized carbons (Fsp3) is 0.431. The van der Waals surface area contributed by atoms with E-state index in [0.29, 0.717) is 35.4 Å². The van der Waals surface area contributed by atoms with E-state index in [-0.39, 0.29) is 73.1 Å². The van der Waals surface area contributed by atoms with Gasteiger partial charge in [0.2, 0.25) is 17.7 Å². The minimum Gasteiger partial charge on any atom is -0.391 e. The molecule has 3 heterocycles.